The molecule has 11 heteroatoms. The minimum absolute atomic E-state index is 0.0644. The zero-order valence-corrected chi connectivity index (χ0v) is 17.6. The van der Waals surface area contributed by atoms with Gasteiger partial charge in [-0.2, -0.15) is 0 Å². The standard InChI is InChI=1S/C18H26N4O6S/c1-29(2,3)5-4-25-11-22-15(23)10-27-17-16(22)20-14(7-19-17)21-8-12(28-18(21)24)6-13-9-26-13/h7,12-13H,4-6,8-11H2,1-3H3. The second-order valence-electron chi connectivity index (χ2n) is 8.11. The SMILES string of the molecule is CS(C)(C)CCOCN1C(=O)COc2ncc(N3CC(CC4CO4)OC3=O)nc21. The van der Waals surface area contributed by atoms with Crippen LogP contribution in [-0.4, -0.2) is 91.8 Å². The lowest BCUT2D eigenvalue weighted by Crippen LogP contribution is -2.42. The number of ether oxygens (including phenoxy) is 4. The van der Waals surface area contributed by atoms with E-state index in [0.29, 0.717) is 32.0 Å². The van der Waals surface area contributed by atoms with E-state index in [-0.39, 0.29) is 43.2 Å². The summed E-state index contributed by atoms with van der Waals surface area (Å²) in [5.41, 5.74) is 0. The highest BCUT2D eigenvalue weighted by Gasteiger charge is 2.39. The van der Waals surface area contributed by atoms with Gasteiger partial charge in [0.25, 0.3) is 11.8 Å². The number of carbonyl (C=O) groups is 2. The molecule has 29 heavy (non-hydrogen) atoms. The van der Waals surface area contributed by atoms with Gasteiger partial charge in [0, 0.05) is 12.2 Å². The molecule has 0 saturated carbocycles. The second kappa shape index (κ2) is 7.96. The van der Waals surface area contributed by atoms with Crippen molar-refractivity contribution in [3.8, 4) is 5.88 Å². The highest BCUT2D eigenvalue weighted by molar-refractivity contribution is 8.32. The van der Waals surface area contributed by atoms with Gasteiger partial charge in [0.05, 0.1) is 32.1 Å². The summed E-state index contributed by atoms with van der Waals surface area (Å²) in [6.07, 6.45) is 8.18. The van der Waals surface area contributed by atoms with Crippen LogP contribution >= 0.6 is 10.0 Å². The largest absolute Gasteiger partial charge is 0.465 e. The van der Waals surface area contributed by atoms with Gasteiger partial charge >= 0.3 is 6.09 Å². The number of cyclic esters (lactones) is 1. The van der Waals surface area contributed by atoms with Crippen LogP contribution in [0.5, 0.6) is 5.88 Å². The summed E-state index contributed by atoms with van der Waals surface area (Å²) in [6.45, 7) is 1.57. The third kappa shape index (κ3) is 4.90. The Hall–Kier alpha value is -2.11. The van der Waals surface area contributed by atoms with Gasteiger partial charge in [0.2, 0.25) is 5.82 Å². The molecule has 2 amide bonds. The lowest BCUT2D eigenvalue weighted by Gasteiger charge is -2.29. The molecule has 0 aliphatic carbocycles. The molecule has 0 bridgehead atoms. The minimum atomic E-state index is -0.683. The van der Waals surface area contributed by atoms with Crippen molar-refractivity contribution in [3.63, 3.8) is 0 Å². The Kier molecular flexibility index (Phi) is 5.54. The maximum Gasteiger partial charge on any atom is 0.415 e. The molecule has 10 nitrogen and oxygen atoms in total. The molecule has 2 saturated heterocycles. The summed E-state index contributed by atoms with van der Waals surface area (Å²) in [5, 5.41) is 0. The van der Waals surface area contributed by atoms with Gasteiger partial charge in [0.1, 0.15) is 12.8 Å². The van der Waals surface area contributed by atoms with Crippen LogP contribution in [-0.2, 0) is 19.0 Å². The second-order valence-corrected chi connectivity index (χ2v) is 12.7. The van der Waals surface area contributed by atoms with Crippen molar-refractivity contribution in [1.29, 1.82) is 0 Å². The average molecular weight is 426 g/mol. The number of rotatable bonds is 8. The topological polar surface area (TPSA) is 107 Å². The molecule has 1 aromatic heterocycles. The molecule has 1 aromatic rings. The van der Waals surface area contributed by atoms with Crippen LogP contribution in [0, 0.1) is 0 Å². The first-order valence-corrected chi connectivity index (χ1v) is 12.5. The van der Waals surface area contributed by atoms with Crippen molar-refractivity contribution in [2.75, 3.05) is 67.4 Å². The van der Waals surface area contributed by atoms with E-state index in [0.717, 1.165) is 5.75 Å². The van der Waals surface area contributed by atoms with Gasteiger partial charge in [-0.25, -0.2) is 24.8 Å². The summed E-state index contributed by atoms with van der Waals surface area (Å²) < 4.78 is 21.7. The van der Waals surface area contributed by atoms with E-state index in [4.69, 9.17) is 18.9 Å². The van der Waals surface area contributed by atoms with Gasteiger partial charge in [-0.05, 0) is 18.8 Å². The van der Waals surface area contributed by atoms with Crippen LogP contribution in [0.4, 0.5) is 16.4 Å². The molecule has 0 N–H and O–H groups in total. The fraction of sp³-hybridized carbons (Fsp3) is 0.667. The zero-order valence-electron chi connectivity index (χ0n) is 16.8. The highest BCUT2D eigenvalue weighted by Crippen LogP contribution is 2.34. The molecule has 2 fully saturated rings. The maximum absolute atomic E-state index is 12.4. The van der Waals surface area contributed by atoms with Gasteiger partial charge in [0.15, 0.2) is 12.4 Å². The molecule has 4 rings (SSSR count). The third-order valence-electron chi connectivity index (χ3n) is 4.74. The van der Waals surface area contributed by atoms with Crippen molar-refractivity contribution in [2.24, 2.45) is 0 Å². The normalized spacial score (nSPS) is 24.2. The van der Waals surface area contributed by atoms with E-state index in [1.165, 1.54) is 16.0 Å². The minimum Gasteiger partial charge on any atom is -0.465 e. The Balaban J connectivity index is 1.46. The van der Waals surface area contributed by atoms with E-state index in [2.05, 4.69) is 28.7 Å². The monoisotopic (exact) mass is 426 g/mol. The van der Waals surface area contributed by atoms with Crippen molar-refractivity contribution in [1.82, 2.24) is 9.97 Å². The number of carbonyl (C=O) groups excluding carboxylic acids is 2. The first kappa shape index (κ1) is 20.2. The van der Waals surface area contributed by atoms with Gasteiger partial charge < -0.3 is 18.9 Å². The first-order chi connectivity index (χ1) is 13.8. The molecule has 4 heterocycles. The lowest BCUT2D eigenvalue weighted by molar-refractivity contribution is -0.122. The van der Waals surface area contributed by atoms with E-state index in [1.54, 1.807) is 0 Å². The molecule has 0 aromatic carbocycles. The molecule has 0 radical (unpaired) electrons. The maximum atomic E-state index is 12.4. The first-order valence-electron chi connectivity index (χ1n) is 9.44. The summed E-state index contributed by atoms with van der Waals surface area (Å²) in [7, 11) is -0.683. The van der Waals surface area contributed by atoms with E-state index < -0.39 is 16.1 Å². The average Bonchev–Trinajstić information content (AvgIpc) is 3.39. The fourth-order valence-corrected chi connectivity index (χ4v) is 3.64. The number of hydrogen-bond donors (Lipinski definition) is 0. The summed E-state index contributed by atoms with van der Waals surface area (Å²) in [4.78, 5) is 36.2. The number of anilines is 2. The number of aromatic nitrogens is 2. The molecular formula is C18H26N4O6S. The molecule has 3 aliphatic rings. The summed E-state index contributed by atoms with van der Waals surface area (Å²) in [5.74, 6) is 1.49. The quantitative estimate of drug-likeness (QED) is 0.447. The molecule has 160 valence electrons. The number of epoxide rings is 1. The Labute approximate surface area is 170 Å². The van der Waals surface area contributed by atoms with Crippen molar-refractivity contribution in [2.45, 2.75) is 18.6 Å². The Bertz CT molecular complexity index is 797. The summed E-state index contributed by atoms with van der Waals surface area (Å²) >= 11 is 0. The fourth-order valence-electron chi connectivity index (χ4n) is 3.02. The predicted molar refractivity (Wildman–Crippen MR) is 108 cm³/mol. The molecular weight excluding hydrogens is 400 g/mol. The number of fused-ring (bicyclic) bond motifs is 1. The van der Waals surface area contributed by atoms with Crippen LogP contribution in [0.15, 0.2) is 6.20 Å². The summed E-state index contributed by atoms with van der Waals surface area (Å²) in [6, 6.07) is 0. The highest BCUT2D eigenvalue weighted by atomic mass is 32.3. The Morgan fingerprint density at radius 1 is 1.28 bits per heavy atom. The predicted octanol–water partition coefficient (Wildman–Crippen LogP) is 0.984. The zero-order chi connectivity index (χ0) is 20.6. The van der Waals surface area contributed by atoms with Crippen molar-refractivity contribution >= 4 is 33.7 Å². The number of hydrogen-bond acceptors (Lipinski definition) is 8. The molecule has 2 unspecified atom stereocenters. The van der Waals surface area contributed by atoms with Crippen LogP contribution < -0.4 is 14.5 Å². The van der Waals surface area contributed by atoms with Crippen molar-refractivity contribution < 1.29 is 28.5 Å². The van der Waals surface area contributed by atoms with Crippen molar-refractivity contribution in [3.05, 3.63) is 6.20 Å². The van der Waals surface area contributed by atoms with E-state index >= 15 is 0 Å². The van der Waals surface area contributed by atoms with E-state index in [9.17, 15) is 9.59 Å². The van der Waals surface area contributed by atoms with Gasteiger partial charge in [-0.15, -0.1) is 0 Å². The number of amides is 2. The lowest BCUT2D eigenvalue weighted by atomic mass is 10.2. The molecule has 0 spiro atoms. The van der Waals surface area contributed by atoms with Crippen LogP contribution in [0.25, 0.3) is 0 Å². The van der Waals surface area contributed by atoms with Gasteiger partial charge in [-0.3, -0.25) is 14.6 Å². The molecule has 3 aliphatic heterocycles. The van der Waals surface area contributed by atoms with E-state index in [1.807, 2.05) is 0 Å². The van der Waals surface area contributed by atoms with Crippen LogP contribution in [0.1, 0.15) is 6.42 Å². The van der Waals surface area contributed by atoms with Crippen LogP contribution in [0.2, 0.25) is 0 Å². The van der Waals surface area contributed by atoms with Crippen LogP contribution in [0.3, 0.4) is 0 Å². The number of nitrogens with zero attached hydrogens (tertiary/aromatic N) is 4. The smallest absolute Gasteiger partial charge is 0.415 e. The van der Waals surface area contributed by atoms with Gasteiger partial charge in [-0.1, -0.05) is 0 Å². The third-order valence-corrected chi connectivity index (χ3v) is 6.13. The molecule has 2 atom stereocenters. The Morgan fingerprint density at radius 3 is 2.79 bits per heavy atom. The Morgan fingerprint density at radius 2 is 2.07 bits per heavy atom.